The van der Waals surface area contributed by atoms with Crippen molar-refractivity contribution in [2.45, 2.75) is 19.4 Å². The molecule has 1 atom stereocenters. The van der Waals surface area contributed by atoms with Crippen molar-refractivity contribution in [3.8, 4) is 0 Å². The van der Waals surface area contributed by atoms with Gasteiger partial charge in [0.15, 0.2) is 0 Å². The second-order valence-corrected chi connectivity index (χ2v) is 6.50. The molecule has 2 aromatic carbocycles. The Labute approximate surface area is 142 Å². The van der Waals surface area contributed by atoms with Crippen molar-refractivity contribution in [3.05, 3.63) is 65.2 Å². The van der Waals surface area contributed by atoms with E-state index in [1.807, 2.05) is 18.2 Å². The second kappa shape index (κ2) is 7.62. The smallest absolute Gasteiger partial charge is 0.228 e. The largest absolute Gasteiger partial charge is 0.326 e. The molecule has 23 heavy (non-hydrogen) atoms. The molecule has 0 spiro atoms. The summed E-state index contributed by atoms with van der Waals surface area (Å²) in [5.41, 5.74) is 2.06. The number of hydrogen-bond acceptors (Lipinski definition) is 2. The molecule has 1 fully saturated rings. The van der Waals surface area contributed by atoms with E-state index < -0.39 is 0 Å². The number of likely N-dealkylation sites (tertiary alicyclic amines) is 1. The normalized spacial score (nSPS) is 18.6. The summed E-state index contributed by atoms with van der Waals surface area (Å²) in [6.07, 6.45) is 2.00. The summed E-state index contributed by atoms with van der Waals surface area (Å²) >= 11 is 5.97. The van der Waals surface area contributed by atoms with Gasteiger partial charge in [-0.05, 0) is 43.1 Å². The number of benzene rings is 2. The average Bonchev–Trinajstić information content (AvgIpc) is 2.56. The van der Waals surface area contributed by atoms with Crippen molar-refractivity contribution in [3.63, 3.8) is 0 Å². The van der Waals surface area contributed by atoms with Gasteiger partial charge in [-0.2, -0.15) is 0 Å². The van der Waals surface area contributed by atoms with E-state index in [9.17, 15) is 4.79 Å². The number of amides is 1. The second-order valence-electron chi connectivity index (χ2n) is 6.06. The standard InChI is InChI=1S/C19H21ClN2O/c20-17-9-4-10-18(12-17)21-19(23)16-8-5-11-22(14-16)13-15-6-2-1-3-7-15/h1-4,6-7,9-10,12,16H,5,8,11,13-14H2,(H,21,23). The predicted octanol–water partition coefficient (Wildman–Crippen LogP) is 4.19. The third kappa shape index (κ3) is 4.57. The SMILES string of the molecule is O=C(Nc1cccc(Cl)c1)C1CCCN(Cc2ccccc2)C1. The van der Waals surface area contributed by atoms with E-state index >= 15 is 0 Å². The van der Waals surface area contributed by atoms with Gasteiger partial charge in [0.05, 0.1) is 5.92 Å². The Hall–Kier alpha value is -1.84. The Morgan fingerprint density at radius 3 is 2.78 bits per heavy atom. The highest BCUT2D eigenvalue weighted by Crippen LogP contribution is 2.21. The van der Waals surface area contributed by atoms with Crippen LogP contribution in [0.25, 0.3) is 0 Å². The molecule has 1 aliphatic rings. The molecule has 0 bridgehead atoms. The van der Waals surface area contributed by atoms with Gasteiger partial charge < -0.3 is 5.32 Å². The van der Waals surface area contributed by atoms with Gasteiger partial charge in [-0.15, -0.1) is 0 Å². The van der Waals surface area contributed by atoms with Crippen LogP contribution in [0.15, 0.2) is 54.6 Å². The molecule has 1 saturated heterocycles. The summed E-state index contributed by atoms with van der Waals surface area (Å²) in [4.78, 5) is 14.9. The zero-order valence-corrected chi connectivity index (χ0v) is 13.8. The van der Waals surface area contributed by atoms with E-state index in [1.54, 1.807) is 12.1 Å². The molecule has 0 aromatic heterocycles. The van der Waals surface area contributed by atoms with E-state index in [4.69, 9.17) is 11.6 Å². The van der Waals surface area contributed by atoms with Gasteiger partial charge in [-0.25, -0.2) is 0 Å². The maximum atomic E-state index is 12.5. The summed E-state index contributed by atoms with van der Waals surface area (Å²) in [6, 6.07) is 17.7. The van der Waals surface area contributed by atoms with Crippen molar-refractivity contribution in [1.82, 2.24) is 4.90 Å². The van der Waals surface area contributed by atoms with Crippen LogP contribution in [0.3, 0.4) is 0 Å². The van der Waals surface area contributed by atoms with Crippen molar-refractivity contribution < 1.29 is 4.79 Å². The Morgan fingerprint density at radius 1 is 1.17 bits per heavy atom. The van der Waals surface area contributed by atoms with E-state index in [2.05, 4.69) is 34.5 Å². The molecule has 0 aliphatic carbocycles. The lowest BCUT2D eigenvalue weighted by Gasteiger charge is -2.32. The third-order valence-corrected chi connectivity index (χ3v) is 4.45. The van der Waals surface area contributed by atoms with Gasteiger partial charge >= 0.3 is 0 Å². The lowest BCUT2D eigenvalue weighted by atomic mass is 9.96. The monoisotopic (exact) mass is 328 g/mol. The zero-order chi connectivity index (χ0) is 16.1. The number of carbonyl (C=O) groups is 1. The first-order valence-electron chi connectivity index (χ1n) is 8.03. The maximum Gasteiger partial charge on any atom is 0.228 e. The molecule has 4 heteroatoms. The molecule has 3 nitrogen and oxygen atoms in total. The van der Waals surface area contributed by atoms with Crippen molar-refractivity contribution in [1.29, 1.82) is 0 Å². The molecule has 120 valence electrons. The lowest BCUT2D eigenvalue weighted by molar-refractivity contribution is -0.121. The summed E-state index contributed by atoms with van der Waals surface area (Å²) in [5, 5.41) is 3.62. The number of carbonyl (C=O) groups excluding carboxylic acids is 1. The number of anilines is 1. The summed E-state index contributed by atoms with van der Waals surface area (Å²) in [7, 11) is 0. The van der Waals surface area contributed by atoms with Crippen LogP contribution in [0.5, 0.6) is 0 Å². The Balaban J connectivity index is 1.58. The first kappa shape index (κ1) is 16.0. The quantitative estimate of drug-likeness (QED) is 0.912. The molecular weight excluding hydrogens is 308 g/mol. The predicted molar refractivity (Wildman–Crippen MR) is 94.5 cm³/mol. The van der Waals surface area contributed by atoms with Crippen molar-refractivity contribution >= 4 is 23.2 Å². The lowest BCUT2D eigenvalue weighted by Crippen LogP contribution is -2.40. The first-order valence-corrected chi connectivity index (χ1v) is 8.41. The van der Waals surface area contributed by atoms with Gasteiger partial charge in [-0.1, -0.05) is 48.0 Å². The molecule has 0 saturated carbocycles. The Morgan fingerprint density at radius 2 is 2.00 bits per heavy atom. The van der Waals surface area contributed by atoms with Gasteiger partial charge in [0.25, 0.3) is 0 Å². The minimum Gasteiger partial charge on any atom is -0.326 e. The molecule has 1 amide bonds. The number of hydrogen-bond donors (Lipinski definition) is 1. The first-order chi connectivity index (χ1) is 11.2. The number of nitrogens with zero attached hydrogens (tertiary/aromatic N) is 1. The summed E-state index contributed by atoms with van der Waals surface area (Å²) in [5.74, 6) is 0.122. The van der Waals surface area contributed by atoms with Crippen LogP contribution in [0, 0.1) is 5.92 Å². The topological polar surface area (TPSA) is 32.3 Å². The molecule has 1 unspecified atom stereocenters. The highest BCUT2D eigenvalue weighted by Gasteiger charge is 2.25. The highest BCUT2D eigenvalue weighted by molar-refractivity contribution is 6.30. The fourth-order valence-electron chi connectivity index (χ4n) is 3.07. The summed E-state index contributed by atoms with van der Waals surface area (Å²) < 4.78 is 0. The Bertz CT molecular complexity index is 659. The molecular formula is C19H21ClN2O. The van der Waals surface area contributed by atoms with Crippen LogP contribution in [-0.2, 0) is 11.3 Å². The molecule has 1 N–H and O–H groups in total. The number of piperidine rings is 1. The zero-order valence-electron chi connectivity index (χ0n) is 13.0. The third-order valence-electron chi connectivity index (χ3n) is 4.22. The number of rotatable bonds is 4. The van der Waals surface area contributed by atoms with Crippen molar-refractivity contribution in [2.24, 2.45) is 5.92 Å². The van der Waals surface area contributed by atoms with Crippen LogP contribution in [0.4, 0.5) is 5.69 Å². The van der Waals surface area contributed by atoms with Crippen LogP contribution in [0.1, 0.15) is 18.4 Å². The van der Waals surface area contributed by atoms with Crippen LogP contribution in [-0.4, -0.2) is 23.9 Å². The molecule has 0 radical (unpaired) electrons. The summed E-state index contributed by atoms with van der Waals surface area (Å²) in [6.45, 7) is 2.76. The van der Waals surface area contributed by atoms with Gasteiger partial charge in [0.2, 0.25) is 5.91 Å². The minimum atomic E-state index is 0.0337. The van der Waals surface area contributed by atoms with Gasteiger partial charge in [0.1, 0.15) is 0 Å². The van der Waals surface area contributed by atoms with E-state index in [0.29, 0.717) is 5.02 Å². The fourth-order valence-corrected chi connectivity index (χ4v) is 3.26. The van der Waals surface area contributed by atoms with Crippen LogP contribution < -0.4 is 5.32 Å². The van der Waals surface area contributed by atoms with Gasteiger partial charge in [0, 0.05) is 23.8 Å². The van der Waals surface area contributed by atoms with E-state index in [-0.39, 0.29) is 11.8 Å². The molecule has 2 aromatic rings. The molecule has 3 rings (SSSR count). The number of nitrogens with one attached hydrogen (secondary N) is 1. The number of halogens is 1. The maximum absolute atomic E-state index is 12.5. The minimum absolute atomic E-state index is 0.0337. The Kier molecular flexibility index (Phi) is 5.31. The van der Waals surface area contributed by atoms with E-state index in [1.165, 1.54) is 5.56 Å². The van der Waals surface area contributed by atoms with Crippen molar-refractivity contribution in [2.75, 3.05) is 18.4 Å². The van der Waals surface area contributed by atoms with E-state index in [0.717, 1.165) is 38.2 Å². The molecule has 1 heterocycles. The van der Waals surface area contributed by atoms with Crippen LogP contribution >= 0.6 is 11.6 Å². The van der Waals surface area contributed by atoms with Gasteiger partial charge in [-0.3, -0.25) is 9.69 Å². The highest BCUT2D eigenvalue weighted by atomic mass is 35.5. The van der Waals surface area contributed by atoms with Crippen LogP contribution in [0.2, 0.25) is 5.02 Å². The average molecular weight is 329 g/mol. The molecule has 1 aliphatic heterocycles. The fraction of sp³-hybridized carbons (Fsp3) is 0.316.